The summed E-state index contributed by atoms with van der Waals surface area (Å²) in [6, 6.07) is -1.27. The van der Waals surface area contributed by atoms with E-state index in [1.807, 2.05) is 0 Å². The zero-order valence-corrected chi connectivity index (χ0v) is 7.58. The first-order valence-corrected chi connectivity index (χ1v) is 4.92. The fourth-order valence-corrected chi connectivity index (χ4v) is 2.74. The van der Waals surface area contributed by atoms with Gasteiger partial charge in [-0.15, -0.1) is 4.58 Å². The number of amides is 1. The largest absolute Gasteiger partial charge is 0.476 e. The van der Waals surface area contributed by atoms with Crippen LogP contribution in [0, 0.1) is 0 Å². The predicted octanol–water partition coefficient (Wildman–Crippen LogP) is -1.14. The Morgan fingerprint density at radius 3 is 3.00 bits per heavy atom. The molecule has 0 radical (unpaired) electrons. The first-order chi connectivity index (χ1) is 6.13. The van der Waals surface area contributed by atoms with E-state index in [1.54, 1.807) is 0 Å². The van der Waals surface area contributed by atoms with Crippen molar-refractivity contribution in [2.45, 2.75) is 18.5 Å². The highest BCUT2D eigenvalue weighted by Gasteiger charge is 2.55. The molecule has 0 aliphatic carbocycles. The number of aliphatic carboxylic acids is 1. The molecule has 1 amide bonds. The van der Waals surface area contributed by atoms with Crippen LogP contribution in [-0.4, -0.2) is 44.4 Å². The standard InChI is InChI=1S/C7H8N2O3S/c8-4-5(10)9-3(7(11)12)1-2-13-6(4)9/h3-4H,1-2,8H2/p+1. The maximum absolute atomic E-state index is 11.2. The Morgan fingerprint density at radius 1 is 1.69 bits per heavy atom. The van der Waals surface area contributed by atoms with Crippen molar-refractivity contribution in [2.75, 3.05) is 5.75 Å². The molecule has 0 aromatic rings. The fraction of sp³-hybridized carbons (Fsp3) is 0.571. The minimum atomic E-state index is -0.946. The highest BCUT2D eigenvalue weighted by Crippen LogP contribution is 2.26. The van der Waals surface area contributed by atoms with Gasteiger partial charge in [0.2, 0.25) is 6.04 Å². The lowest BCUT2D eigenvalue weighted by molar-refractivity contribution is -0.494. The van der Waals surface area contributed by atoms with Crippen molar-refractivity contribution >= 4 is 28.7 Å². The van der Waals surface area contributed by atoms with Gasteiger partial charge in [0.05, 0.1) is 0 Å². The zero-order chi connectivity index (χ0) is 9.59. The third-order valence-electron chi connectivity index (χ3n) is 2.24. The quantitative estimate of drug-likeness (QED) is 0.524. The molecule has 0 saturated carbocycles. The summed E-state index contributed by atoms with van der Waals surface area (Å²) in [7, 11) is 0. The Hall–Kier alpha value is -0.880. The van der Waals surface area contributed by atoms with E-state index >= 15 is 0 Å². The van der Waals surface area contributed by atoms with Gasteiger partial charge in [0, 0.05) is 12.2 Å². The van der Waals surface area contributed by atoms with Crippen LogP contribution in [-0.2, 0) is 9.59 Å². The van der Waals surface area contributed by atoms with Crippen LogP contribution in [0.25, 0.3) is 0 Å². The molecule has 6 heteroatoms. The average Bonchev–Trinajstić information content (AvgIpc) is 2.15. The molecule has 0 aromatic carbocycles. The first kappa shape index (κ1) is 8.71. The first-order valence-electron chi connectivity index (χ1n) is 3.94. The molecule has 0 saturated heterocycles. The average molecular weight is 201 g/mol. The van der Waals surface area contributed by atoms with Crippen LogP contribution in [0.4, 0.5) is 0 Å². The molecular formula is C7H9N2O3S+. The summed E-state index contributed by atoms with van der Waals surface area (Å²) in [5.41, 5.74) is 5.50. The van der Waals surface area contributed by atoms with Crippen LogP contribution in [0.3, 0.4) is 0 Å². The molecule has 2 atom stereocenters. The monoisotopic (exact) mass is 201 g/mol. The fourth-order valence-electron chi connectivity index (χ4n) is 1.55. The number of carboxylic acids is 1. The Kier molecular flexibility index (Phi) is 1.88. The summed E-state index contributed by atoms with van der Waals surface area (Å²) in [6.07, 6.45) is 0.502. The predicted molar refractivity (Wildman–Crippen MR) is 46.7 cm³/mol. The summed E-state index contributed by atoms with van der Waals surface area (Å²) < 4.78 is 1.31. The van der Waals surface area contributed by atoms with E-state index in [-0.39, 0.29) is 5.91 Å². The molecule has 2 rings (SSSR count). The molecule has 0 aromatic heterocycles. The van der Waals surface area contributed by atoms with E-state index in [0.717, 1.165) is 5.75 Å². The van der Waals surface area contributed by atoms with Gasteiger partial charge < -0.3 is 10.8 Å². The second kappa shape index (κ2) is 2.81. The topological polar surface area (TPSA) is 83.4 Å². The number of carbonyl (C=O) groups excluding carboxylic acids is 1. The third-order valence-corrected chi connectivity index (χ3v) is 3.43. The lowest BCUT2D eigenvalue weighted by Crippen LogP contribution is -2.63. The maximum atomic E-state index is 11.2. The van der Waals surface area contributed by atoms with E-state index in [9.17, 15) is 9.59 Å². The Morgan fingerprint density at radius 2 is 2.38 bits per heavy atom. The normalized spacial score (nSPS) is 32.5. The van der Waals surface area contributed by atoms with Crippen molar-refractivity contribution in [3.8, 4) is 0 Å². The van der Waals surface area contributed by atoms with Crippen molar-refractivity contribution in [3.63, 3.8) is 0 Å². The number of nitrogens with zero attached hydrogens (tertiary/aromatic N) is 1. The van der Waals surface area contributed by atoms with Crippen molar-refractivity contribution in [2.24, 2.45) is 5.73 Å². The second-order valence-corrected chi connectivity index (χ2v) is 4.13. The van der Waals surface area contributed by atoms with Crippen LogP contribution >= 0.6 is 11.8 Å². The number of thioether (sulfide) groups is 1. The van der Waals surface area contributed by atoms with Gasteiger partial charge in [0.25, 0.3) is 11.1 Å². The summed E-state index contributed by atoms with van der Waals surface area (Å²) in [5, 5.41) is 9.52. The Labute approximate surface area is 78.6 Å². The molecule has 0 spiro atoms. The smallest absolute Gasteiger partial charge is 0.416 e. The van der Waals surface area contributed by atoms with E-state index in [0.29, 0.717) is 11.5 Å². The van der Waals surface area contributed by atoms with Gasteiger partial charge >= 0.3 is 11.9 Å². The molecule has 5 nitrogen and oxygen atoms in total. The molecule has 3 N–H and O–H groups in total. The Balaban J connectivity index is 2.35. The third kappa shape index (κ3) is 1.09. The number of hydrogen-bond donors (Lipinski definition) is 2. The lowest BCUT2D eigenvalue weighted by Gasteiger charge is -2.27. The van der Waals surface area contributed by atoms with Gasteiger partial charge in [-0.05, 0) is 0 Å². The number of carboxylic acid groups (broad SMARTS) is 1. The van der Waals surface area contributed by atoms with Crippen molar-refractivity contribution in [3.05, 3.63) is 0 Å². The molecule has 2 aliphatic heterocycles. The number of hydrogen-bond acceptors (Lipinski definition) is 4. The van der Waals surface area contributed by atoms with E-state index in [1.165, 1.54) is 16.3 Å². The molecule has 2 unspecified atom stereocenters. The van der Waals surface area contributed by atoms with Crippen LogP contribution < -0.4 is 5.73 Å². The maximum Gasteiger partial charge on any atom is 0.416 e. The molecular weight excluding hydrogens is 192 g/mol. The minimum absolute atomic E-state index is 0.269. The van der Waals surface area contributed by atoms with Gasteiger partial charge in [0.1, 0.15) is 0 Å². The minimum Gasteiger partial charge on any atom is -0.476 e. The molecule has 70 valence electrons. The van der Waals surface area contributed by atoms with Gasteiger partial charge in [-0.2, -0.15) is 0 Å². The van der Waals surface area contributed by atoms with Gasteiger partial charge in [-0.3, -0.25) is 0 Å². The second-order valence-electron chi connectivity index (χ2n) is 3.02. The van der Waals surface area contributed by atoms with E-state index < -0.39 is 18.1 Å². The SMILES string of the molecule is NC1C(=O)[N+]2=C1SCCC2C(=O)O. The molecule has 2 heterocycles. The van der Waals surface area contributed by atoms with Gasteiger partial charge in [0.15, 0.2) is 0 Å². The highest BCUT2D eigenvalue weighted by atomic mass is 32.2. The number of rotatable bonds is 1. The molecule has 13 heavy (non-hydrogen) atoms. The van der Waals surface area contributed by atoms with Crippen molar-refractivity contribution in [1.29, 1.82) is 0 Å². The number of carbonyl (C=O) groups is 2. The molecule has 0 bridgehead atoms. The zero-order valence-electron chi connectivity index (χ0n) is 6.77. The molecule has 2 aliphatic rings. The van der Waals surface area contributed by atoms with E-state index in [2.05, 4.69) is 0 Å². The van der Waals surface area contributed by atoms with Gasteiger partial charge in [-0.1, -0.05) is 11.8 Å². The van der Waals surface area contributed by atoms with E-state index in [4.69, 9.17) is 10.8 Å². The molecule has 0 fully saturated rings. The summed E-state index contributed by atoms with van der Waals surface area (Å²) in [4.78, 5) is 22.0. The van der Waals surface area contributed by atoms with Crippen LogP contribution in [0.1, 0.15) is 6.42 Å². The number of nitrogens with two attached hydrogens (primary N) is 1. The summed E-state index contributed by atoms with van der Waals surface area (Å²) in [6.45, 7) is 0. The van der Waals surface area contributed by atoms with Crippen molar-refractivity contribution < 1.29 is 19.3 Å². The summed E-state index contributed by atoms with van der Waals surface area (Å²) >= 11 is 1.48. The van der Waals surface area contributed by atoms with Crippen LogP contribution in [0.15, 0.2) is 0 Å². The van der Waals surface area contributed by atoms with Gasteiger partial charge in [-0.25, -0.2) is 9.59 Å². The van der Waals surface area contributed by atoms with Crippen molar-refractivity contribution in [1.82, 2.24) is 0 Å². The lowest BCUT2D eigenvalue weighted by atomic mass is 10.1. The van der Waals surface area contributed by atoms with Crippen LogP contribution in [0.5, 0.6) is 0 Å². The highest BCUT2D eigenvalue weighted by molar-refractivity contribution is 8.14. The van der Waals surface area contributed by atoms with Crippen LogP contribution in [0.2, 0.25) is 0 Å². The summed E-state index contributed by atoms with van der Waals surface area (Å²) in [5.74, 6) is -0.489. The Bertz CT molecular complexity index is 326.